The molecule has 2 aliphatic rings. The molecule has 168 valence electrons. The molecule has 0 unspecified atom stereocenters. The molecule has 9 heteroatoms. The smallest absolute Gasteiger partial charge is 0.340 e. The van der Waals surface area contributed by atoms with Gasteiger partial charge in [-0.25, -0.2) is 4.98 Å². The molecule has 2 saturated heterocycles. The predicted molar refractivity (Wildman–Crippen MR) is 109 cm³/mol. The second-order valence-corrected chi connectivity index (χ2v) is 8.70. The molecule has 2 fully saturated rings. The summed E-state index contributed by atoms with van der Waals surface area (Å²) in [5, 5.41) is 0. The quantitative estimate of drug-likeness (QED) is 0.734. The molecule has 2 aliphatic heterocycles. The number of aromatic nitrogens is 2. The fraction of sp³-hybridized carbons (Fsp3) is 0.591. The second kappa shape index (κ2) is 8.16. The lowest BCUT2D eigenvalue weighted by Crippen LogP contribution is -2.53. The van der Waals surface area contributed by atoms with E-state index in [1.807, 2.05) is 24.3 Å². The number of carbonyl (C=O) groups excluding carboxylic acids is 2. The maximum atomic E-state index is 13.1. The Hall–Kier alpha value is -2.58. The molecule has 2 atom stereocenters. The number of carbonyl (C=O) groups is 2. The number of piperidine rings is 1. The summed E-state index contributed by atoms with van der Waals surface area (Å²) in [5.41, 5.74) is 1.93. The molecule has 2 aromatic rings. The Kier molecular flexibility index (Phi) is 5.70. The first-order valence-electron chi connectivity index (χ1n) is 10.8. The lowest BCUT2D eigenvalue weighted by molar-refractivity contribution is -0.187. The molecule has 4 rings (SSSR count). The van der Waals surface area contributed by atoms with Crippen LogP contribution in [-0.4, -0.2) is 63.0 Å². The first-order valence-corrected chi connectivity index (χ1v) is 10.8. The molecule has 0 N–H and O–H groups in total. The van der Waals surface area contributed by atoms with Crippen molar-refractivity contribution in [1.29, 1.82) is 0 Å². The zero-order chi connectivity index (χ0) is 22.3. The van der Waals surface area contributed by atoms with Gasteiger partial charge in [-0.15, -0.1) is 0 Å². The molecule has 0 spiro atoms. The molecule has 3 heterocycles. The number of alkyl halides is 3. The van der Waals surface area contributed by atoms with Gasteiger partial charge < -0.3 is 14.4 Å². The number of para-hydroxylation sites is 2. The number of imidazole rings is 1. The van der Waals surface area contributed by atoms with Gasteiger partial charge in [-0.1, -0.05) is 12.1 Å². The first-order chi connectivity index (χ1) is 14.7. The van der Waals surface area contributed by atoms with E-state index in [1.165, 1.54) is 0 Å². The molecular weight excluding hydrogens is 409 g/mol. The molecule has 0 radical (unpaired) electrons. The summed E-state index contributed by atoms with van der Waals surface area (Å²) in [6.07, 6.45) is -2.69. The number of nitrogens with zero attached hydrogens (tertiary/aromatic N) is 4. The first kappa shape index (κ1) is 21.6. The van der Waals surface area contributed by atoms with Crippen molar-refractivity contribution in [3.8, 4) is 0 Å². The van der Waals surface area contributed by atoms with Gasteiger partial charge in [-0.2, -0.15) is 13.2 Å². The topological polar surface area (TPSA) is 58.4 Å². The standard InChI is InChI=1S/C22H27F3N4O2/c1-14(2)29-17-9-4-3-8-16(17)26-19(29)15-7-5-11-27(13-15)20(30)18-10-6-12-28(18)21(31)22(23,24)25/h3-4,8-9,14-15,18H,5-7,10-13H2,1-2H3/t15-,18-/m1/s1. The molecule has 2 amide bonds. The molecule has 1 aromatic heterocycles. The van der Waals surface area contributed by atoms with E-state index in [0.29, 0.717) is 24.4 Å². The maximum absolute atomic E-state index is 13.1. The fourth-order valence-corrected chi connectivity index (χ4v) is 4.92. The van der Waals surface area contributed by atoms with Gasteiger partial charge in [0.05, 0.1) is 11.0 Å². The maximum Gasteiger partial charge on any atom is 0.471 e. The highest BCUT2D eigenvalue weighted by atomic mass is 19.4. The molecule has 0 saturated carbocycles. The van der Waals surface area contributed by atoms with Crippen molar-refractivity contribution in [3.05, 3.63) is 30.1 Å². The van der Waals surface area contributed by atoms with E-state index in [4.69, 9.17) is 4.98 Å². The molecular formula is C22H27F3N4O2. The van der Waals surface area contributed by atoms with Gasteiger partial charge in [-0.05, 0) is 51.7 Å². The van der Waals surface area contributed by atoms with Crippen LogP contribution in [-0.2, 0) is 9.59 Å². The predicted octanol–water partition coefficient (Wildman–Crippen LogP) is 3.88. The number of likely N-dealkylation sites (tertiary alicyclic amines) is 2. The molecule has 0 aliphatic carbocycles. The molecule has 6 nitrogen and oxygen atoms in total. The number of amides is 2. The van der Waals surface area contributed by atoms with Crippen LogP contribution in [0.4, 0.5) is 13.2 Å². The van der Waals surface area contributed by atoms with Gasteiger partial charge in [0.2, 0.25) is 5.91 Å². The van der Waals surface area contributed by atoms with Crippen LogP contribution in [0.5, 0.6) is 0 Å². The lowest BCUT2D eigenvalue weighted by Gasteiger charge is -2.36. The fourth-order valence-electron chi connectivity index (χ4n) is 4.92. The third kappa shape index (κ3) is 4.02. The van der Waals surface area contributed by atoms with Crippen LogP contribution in [0.15, 0.2) is 24.3 Å². The van der Waals surface area contributed by atoms with E-state index in [0.717, 1.165) is 29.7 Å². The van der Waals surface area contributed by atoms with E-state index in [1.54, 1.807) is 4.90 Å². The third-order valence-electron chi connectivity index (χ3n) is 6.28. The highest BCUT2D eigenvalue weighted by molar-refractivity contribution is 5.90. The number of hydrogen-bond acceptors (Lipinski definition) is 3. The molecule has 31 heavy (non-hydrogen) atoms. The Morgan fingerprint density at radius 3 is 2.52 bits per heavy atom. The minimum atomic E-state index is -4.96. The Balaban J connectivity index is 1.57. The molecule has 0 bridgehead atoms. The van der Waals surface area contributed by atoms with Crippen molar-refractivity contribution in [2.45, 2.75) is 63.7 Å². The minimum absolute atomic E-state index is 0.000621. The summed E-state index contributed by atoms with van der Waals surface area (Å²) >= 11 is 0. The van der Waals surface area contributed by atoms with E-state index in [2.05, 4.69) is 18.4 Å². The lowest BCUT2D eigenvalue weighted by atomic mass is 9.96. The van der Waals surface area contributed by atoms with Gasteiger partial charge >= 0.3 is 12.1 Å². The van der Waals surface area contributed by atoms with E-state index in [9.17, 15) is 22.8 Å². The van der Waals surface area contributed by atoms with Gasteiger partial charge in [0.1, 0.15) is 11.9 Å². The van der Waals surface area contributed by atoms with Crippen LogP contribution in [0.2, 0.25) is 0 Å². The zero-order valence-electron chi connectivity index (χ0n) is 17.7. The SMILES string of the molecule is CC(C)n1c([C@@H]2CCCN(C(=O)[C@H]3CCCN3C(=O)C(F)(F)F)C2)nc2ccccc21. The minimum Gasteiger partial charge on any atom is -0.340 e. The molecule has 1 aromatic carbocycles. The highest BCUT2D eigenvalue weighted by Crippen LogP contribution is 2.33. The van der Waals surface area contributed by atoms with Crippen molar-refractivity contribution >= 4 is 22.8 Å². The number of fused-ring (bicyclic) bond motifs is 1. The number of benzene rings is 1. The van der Waals surface area contributed by atoms with E-state index in [-0.39, 0.29) is 30.8 Å². The van der Waals surface area contributed by atoms with E-state index >= 15 is 0 Å². The Bertz CT molecular complexity index is 985. The van der Waals surface area contributed by atoms with Crippen molar-refractivity contribution in [2.24, 2.45) is 0 Å². The monoisotopic (exact) mass is 436 g/mol. The van der Waals surface area contributed by atoms with E-state index < -0.39 is 18.1 Å². The number of rotatable bonds is 3. The van der Waals surface area contributed by atoms with Gasteiger partial charge in [0, 0.05) is 31.6 Å². The van der Waals surface area contributed by atoms with Gasteiger partial charge in [-0.3, -0.25) is 9.59 Å². The second-order valence-electron chi connectivity index (χ2n) is 8.70. The van der Waals surface area contributed by atoms with Crippen LogP contribution < -0.4 is 0 Å². The number of hydrogen-bond donors (Lipinski definition) is 0. The van der Waals surface area contributed by atoms with Gasteiger partial charge in [0.15, 0.2) is 0 Å². The summed E-state index contributed by atoms with van der Waals surface area (Å²) in [5.74, 6) is -1.39. The van der Waals surface area contributed by atoms with Crippen molar-refractivity contribution < 1.29 is 22.8 Å². The van der Waals surface area contributed by atoms with Crippen LogP contribution in [0.3, 0.4) is 0 Å². The summed E-state index contributed by atoms with van der Waals surface area (Å²) < 4.78 is 41.1. The average Bonchev–Trinajstić information content (AvgIpc) is 3.37. The highest BCUT2D eigenvalue weighted by Gasteiger charge is 2.48. The third-order valence-corrected chi connectivity index (χ3v) is 6.28. The van der Waals surface area contributed by atoms with Crippen molar-refractivity contribution in [2.75, 3.05) is 19.6 Å². The Morgan fingerprint density at radius 1 is 1.10 bits per heavy atom. The summed E-state index contributed by atoms with van der Waals surface area (Å²) in [4.78, 5) is 32.1. The zero-order valence-corrected chi connectivity index (χ0v) is 17.7. The Labute approximate surface area is 179 Å². The summed E-state index contributed by atoms with van der Waals surface area (Å²) in [6.45, 7) is 5.03. The normalized spacial score (nSPS) is 22.5. The van der Waals surface area contributed by atoms with Crippen LogP contribution >= 0.6 is 0 Å². The van der Waals surface area contributed by atoms with Crippen LogP contribution in [0, 0.1) is 0 Å². The summed E-state index contributed by atoms with van der Waals surface area (Å²) in [7, 11) is 0. The summed E-state index contributed by atoms with van der Waals surface area (Å²) in [6, 6.07) is 7.04. The van der Waals surface area contributed by atoms with Crippen molar-refractivity contribution in [1.82, 2.24) is 19.4 Å². The van der Waals surface area contributed by atoms with Gasteiger partial charge in [0.25, 0.3) is 0 Å². The van der Waals surface area contributed by atoms with Crippen LogP contribution in [0.1, 0.15) is 57.3 Å². The Morgan fingerprint density at radius 2 is 1.81 bits per heavy atom. The average molecular weight is 436 g/mol. The number of halogens is 3. The van der Waals surface area contributed by atoms with Crippen LogP contribution in [0.25, 0.3) is 11.0 Å². The largest absolute Gasteiger partial charge is 0.471 e. The van der Waals surface area contributed by atoms with Crippen molar-refractivity contribution in [3.63, 3.8) is 0 Å².